The van der Waals surface area contributed by atoms with Gasteiger partial charge in [0.05, 0.1) is 24.4 Å². The van der Waals surface area contributed by atoms with Crippen LogP contribution in [0.2, 0.25) is 0 Å². The number of hydrogen-bond acceptors (Lipinski definition) is 8. The number of rotatable bonds is 12. The molecule has 0 bridgehead atoms. The second kappa shape index (κ2) is 13.3. The number of aryl methyl sites for hydroxylation is 2. The second-order valence-corrected chi connectivity index (χ2v) is 10.5. The largest absolute Gasteiger partial charge is 0.390 e. The van der Waals surface area contributed by atoms with E-state index in [1.165, 1.54) is 11.3 Å². The Labute approximate surface area is 231 Å². The van der Waals surface area contributed by atoms with Crippen molar-refractivity contribution in [1.29, 1.82) is 0 Å². The highest BCUT2D eigenvalue weighted by molar-refractivity contribution is 7.09. The molecule has 2 aromatic carbocycles. The summed E-state index contributed by atoms with van der Waals surface area (Å²) >= 11 is 1.51. The predicted molar refractivity (Wildman–Crippen MR) is 149 cm³/mol. The summed E-state index contributed by atoms with van der Waals surface area (Å²) in [6.45, 7) is 4.79. The Balaban J connectivity index is 1.42. The van der Waals surface area contributed by atoms with Gasteiger partial charge in [-0.25, -0.2) is 4.98 Å². The van der Waals surface area contributed by atoms with Crippen molar-refractivity contribution < 1.29 is 19.2 Å². The van der Waals surface area contributed by atoms with Gasteiger partial charge in [0, 0.05) is 48.4 Å². The van der Waals surface area contributed by atoms with Crippen molar-refractivity contribution in [1.82, 2.24) is 25.7 Å². The van der Waals surface area contributed by atoms with Gasteiger partial charge in [-0.05, 0) is 44.0 Å². The lowest BCUT2D eigenvalue weighted by molar-refractivity contribution is 0.0784. The van der Waals surface area contributed by atoms with Crippen LogP contribution in [0.15, 0.2) is 70.6 Å². The lowest BCUT2D eigenvalue weighted by Crippen LogP contribution is -2.48. The van der Waals surface area contributed by atoms with Crippen LogP contribution < -0.4 is 10.6 Å². The van der Waals surface area contributed by atoms with E-state index in [4.69, 9.17) is 4.52 Å². The molecule has 0 spiro atoms. The van der Waals surface area contributed by atoms with Gasteiger partial charge in [-0.1, -0.05) is 41.6 Å². The summed E-state index contributed by atoms with van der Waals surface area (Å²) in [5.74, 6) is 0.146. The highest BCUT2D eigenvalue weighted by atomic mass is 32.1. The van der Waals surface area contributed by atoms with E-state index < -0.39 is 12.1 Å². The first kappa shape index (κ1) is 28.2. The van der Waals surface area contributed by atoms with Crippen molar-refractivity contribution in [3.8, 4) is 0 Å². The maximum Gasteiger partial charge on any atom is 0.253 e. The van der Waals surface area contributed by atoms with Gasteiger partial charge in [-0.2, -0.15) is 0 Å². The van der Waals surface area contributed by atoms with Gasteiger partial charge in [0.1, 0.15) is 10.8 Å². The minimum atomic E-state index is -0.875. The van der Waals surface area contributed by atoms with E-state index in [1.807, 2.05) is 55.6 Å². The summed E-state index contributed by atoms with van der Waals surface area (Å²) in [5.41, 5.74) is 3.39. The number of nitrogens with zero attached hydrogens (tertiary/aromatic N) is 3. The van der Waals surface area contributed by atoms with Gasteiger partial charge in [-0.15, -0.1) is 11.3 Å². The highest BCUT2D eigenvalue weighted by Crippen LogP contribution is 2.15. The summed E-state index contributed by atoms with van der Waals surface area (Å²) < 4.78 is 5.08. The standard InChI is InChI=1S/C29H33N5O4S/c1-19-18-39-27(31-19)17-34(3)29(37)23-11-7-10-22(14-23)28(36)32-25(13-21-8-5-4-6-9-21)26(35)16-30-15-24-12-20(2)38-33-24/h4-12,14,18,25-26,30,35H,13,15-17H2,1-3H3,(H,32,36). The summed E-state index contributed by atoms with van der Waals surface area (Å²) in [7, 11) is 1.71. The molecule has 4 aromatic rings. The highest BCUT2D eigenvalue weighted by Gasteiger charge is 2.23. The van der Waals surface area contributed by atoms with E-state index in [0.29, 0.717) is 36.4 Å². The fraction of sp³-hybridized carbons (Fsp3) is 0.310. The zero-order chi connectivity index (χ0) is 27.8. The first-order chi connectivity index (χ1) is 18.8. The molecule has 0 saturated heterocycles. The van der Waals surface area contributed by atoms with Crippen LogP contribution in [0.3, 0.4) is 0 Å². The molecule has 0 aliphatic heterocycles. The molecule has 2 amide bonds. The molecule has 2 unspecified atom stereocenters. The van der Waals surface area contributed by atoms with Crippen molar-refractivity contribution in [2.45, 2.75) is 45.5 Å². The Morgan fingerprint density at radius 3 is 2.54 bits per heavy atom. The number of carbonyl (C=O) groups is 2. The molecule has 2 aromatic heterocycles. The van der Waals surface area contributed by atoms with Crippen molar-refractivity contribution in [2.24, 2.45) is 0 Å². The first-order valence-electron chi connectivity index (χ1n) is 12.7. The molecule has 0 aliphatic rings. The second-order valence-electron chi connectivity index (χ2n) is 9.52. The van der Waals surface area contributed by atoms with E-state index in [1.54, 1.807) is 36.2 Å². The smallest absolute Gasteiger partial charge is 0.253 e. The number of aromatic nitrogens is 2. The van der Waals surface area contributed by atoms with Crippen LogP contribution in [0.4, 0.5) is 0 Å². The minimum absolute atomic E-state index is 0.203. The van der Waals surface area contributed by atoms with Crippen LogP contribution in [-0.2, 0) is 19.5 Å². The number of amides is 2. The molecule has 39 heavy (non-hydrogen) atoms. The number of hydrogen-bond donors (Lipinski definition) is 3. The van der Waals surface area contributed by atoms with Crippen LogP contribution in [-0.4, -0.2) is 57.7 Å². The van der Waals surface area contributed by atoms with Crippen molar-refractivity contribution >= 4 is 23.2 Å². The van der Waals surface area contributed by atoms with Gasteiger partial charge >= 0.3 is 0 Å². The number of benzene rings is 2. The van der Waals surface area contributed by atoms with E-state index >= 15 is 0 Å². The summed E-state index contributed by atoms with van der Waals surface area (Å²) in [6, 6.07) is 17.5. The normalized spacial score (nSPS) is 12.6. The number of carbonyl (C=O) groups excluding carboxylic acids is 2. The van der Waals surface area contributed by atoms with Crippen molar-refractivity contribution in [3.63, 3.8) is 0 Å². The van der Waals surface area contributed by atoms with E-state index in [2.05, 4.69) is 20.8 Å². The van der Waals surface area contributed by atoms with Crippen LogP contribution in [0, 0.1) is 13.8 Å². The monoisotopic (exact) mass is 547 g/mol. The van der Waals surface area contributed by atoms with E-state index in [9.17, 15) is 14.7 Å². The Kier molecular flexibility index (Phi) is 9.59. The molecule has 3 N–H and O–H groups in total. The molecule has 0 saturated carbocycles. The van der Waals surface area contributed by atoms with Crippen LogP contribution in [0.5, 0.6) is 0 Å². The summed E-state index contributed by atoms with van der Waals surface area (Å²) in [5, 5.41) is 23.9. The molecular formula is C29H33N5O4S. The number of thiazole rings is 1. The van der Waals surface area contributed by atoms with Gasteiger partial charge in [-0.3, -0.25) is 9.59 Å². The summed E-state index contributed by atoms with van der Waals surface area (Å²) in [4.78, 5) is 32.3. The quantitative estimate of drug-likeness (QED) is 0.248. The average Bonchev–Trinajstić information content (AvgIpc) is 3.55. The summed E-state index contributed by atoms with van der Waals surface area (Å²) in [6.07, 6.45) is -0.438. The Morgan fingerprint density at radius 1 is 1.08 bits per heavy atom. The molecular weight excluding hydrogens is 514 g/mol. The number of nitrogens with one attached hydrogen (secondary N) is 2. The lowest BCUT2D eigenvalue weighted by atomic mass is 10.00. The van der Waals surface area contributed by atoms with E-state index in [-0.39, 0.29) is 18.4 Å². The molecule has 9 nitrogen and oxygen atoms in total. The molecule has 0 fully saturated rings. The van der Waals surface area contributed by atoms with Crippen molar-refractivity contribution in [3.05, 3.63) is 105 Å². The lowest BCUT2D eigenvalue weighted by Gasteiger charge is -2.25. The topological polar surface area (TPSA) is 121 Å². The molecule has 0 radical (unpaired) electrons. The Bertz CT molecular complexity index is 1390. The SMILES string of the molecule is Cc1csc(CN(C)C(=O)c2cccc(C(=O)NC(Cc3ccccc3)C(O)CNCc3cc(C)on3)c2)n1. The predicted octanol–water partition coefficient (Wildman–Crippen LogP) is 3.51. The molecule has 204 valence electrons. The number of aliphatic hydroxyl groups is 1. The Morgan fingerprint density at radius 2 is 1.85 bits per heavy atom. The van der Waals surface area contributed by atoms with Crippen LogP contribution >= 0.6 is 11.3 Å². The molecule has 2 atom stereocenters. The fourth-order valence-electron chi connectivity index (χ4n) is 4.16. The third kappa shape index (κ3) is 8.06. The third-order valence-electron chi connectivity index (χ3n) is 6.17. The maximum absolute atomic E-state index is 13.3. The molecule has 2 heterocycles. The van der Waals surface area contributed by atoms with Gasteiger partial charge in [0.2, 0.25) is 0 Å². The minimum Gasteiger partial charge on any atom is -0.390 e. The fourth-order valence-corrected chi connectivity index (χ4v) is 4.98. The van der Waals surface area contributed by atoms with Gasteiger partial charge in [0.25, 0.3) is 11.8 Å². The Hall–Kier alpha value is -3.86. The van der Waals surface area contributed by atoms with Gasteiger partial charge < -0.3 is 25.2 Å². The first-order valence-corrected chi connectivity index (χ1v) is 13.6. The molecule has 0 aliphatic carbocycles. The molecule has 10 heteroatoms. The number of aliphatic hydroxyl groups excluding tert-OH is 1. The van der Waals surface area contributed by atoms with E-state index in [0.717, 1.165) is 22.0 Å². The van der Waals surface area contributed by atoms with Crippen molar-refractivity contribution in [2.75, 3.05) is 13.6 Å². The van der Waals surface area contributed by atoms with Gasteiger partial charge in [0.15, 0.2) is 0 Å². The zero-order valence-corrected chi connectivity index (χ0v) is 23.1. The maximum atomic E-state index is 13.3. The zero-order valence-electron chi connectivity index (χ0n) is 22.3. The van der Waals surface area contributed by atoms with Crippen LogP contribution in [0.25, 0.3) is 0 Å². The molecule has 4 rings (SSSR count). The average molecular weight is 548 g/mol. The third-order valence-corrected chi connectivity index (χ3v) is 7.12. The van der Waals surface area contributed by atoms with Crippen LogP contribution in [0.1, 0.15) is 48.4 Å².